The average Bonchev–Trinajstić information content (AvgIpc) is 2.91. The van der Waals surface area contributed by atoms with E-state index in [-0.39, 0.29) is 5.04 Å². The Morgan fingerprint density at radius 3 is 2.14 bits per heavy atom. The minimum absolute atomic E-state index is 0.230. The molecule has 0 heterocycles. The summed E-state index contributed by atoms with van der Waals surface area (Å²) in [6.07, 6.45) is 4.61. The third kappa shape index (κ3) is 6.38. The van der Waals surface area contributed by atoms with Gasteiger partial charge in [0.1, 0.15) is 0 Å². The van der Waals surface area contributed by atoms with E-state index in [1.807, 2.05) is 0 Å². The van der Waals surface area contributed by atoms with E-state index in [1.54, 1.807) is 0 Å². The summed E-state index contributed by atoms with van der Waals surface area (Å²) in [6.45, 7) is 14.1. The van der Waals surface area contributed by atoms with Crippen LogP contribution in [0.5, 0.6) is 0 Å². The van der Waals surface area contributed by atoms with Gasteiger partial charge in [-0.2, -0.15) is 8.42 Å². The van der Waals surface area contributed by atoms with Crippen LogP contribution in [0.4, 0.5) is 0 Å². The first kappa shape index (κ1) is 19.1. The predicted molar refractivity (Wildman–Crippen MR) is 89.4 cm³/mol. The number of hydrogen-bond donors (Lipinski definition) is 0. The van der Waals surface area contributed by atoms with Crippen molar-refractivity contribution in [1.29, 1.82) is 0 Å². The molecule has 0 aliphatic heterocycles. The van der Waals surface area contributed by atoms with Crippen LogP contribution in [0, 0.1) is 5.92 Å². The molecule has 1 fully saturated rings. The molecule has 1 saturated carbocycles. The molecular formula is C15H32O4SSi. The third-order valence-corrected chi connectivity index (χ3v) is 9.93. The fourth-order valence-electron chi connectivity index (χ4n) is 2.25. The van der Waals surface area contributed by atoms with Crippen molar-refractivity contribution in [2.45, 2.75) is 77.1 Å². The van der Waals surface area contributed by atoms with Crippen LogP contribution in [0.15, 0.2) is 0 Å². The minimum atomic E-state index is -3.35. The Hall–Kier alpha value is 0.0869. The highest BCUT2D eigenvalue weighted by Gasteiger charge is 2.47. The van der Waals surface area contributed by atoms with Crippen molar-refractivity contribution < 1.29 is 17.0 Å². The van der Waals surface area contributed by atoms with E-state index in [2.05, 4.69) is 40.8 Å². The van der Waals surface area contributed by atoms with Gasteiger partial charge in [-0.1, -0.05) is 27.7 Å². The summed E-state index contributed by atoms with van der Waals surface area (Å²) >= 11 is 0. The van der Waals surface area contributed by atoms with Crippen LogP contribution in [-0.4, -0.2) is 35.2 Å². The van der Waals surface area contributed by atoms with Crippen LogP contribution in [0.1, 0.15) is 53.4 Å². The molecule has 0 aromatic heterocycles. The van der Waals surface area contributed by atoms with Crippen molar-refractivity contribution >= 4 is 18.4 Å². The van der Waals surface area contributed by atoms with E-state index in [0.29, 0.717) is 5.92 Å². The molecular weight excluding hydrogens is 304 g/mol. The predicted octanol–water partition coefficient (Wildman–Crippen LogP) is 3.93. The van der Waals surface area contributed by atoms with E-state index in [1.165, 1.54) is 0 Å². The molecule has 0 radical (unpaired) electrons. The maximum absolute atomic E-state index is 11.3. The topological polar surface area (TPSA) is 52.6 Å². The lowest BCUT2D eigenvalue weighted by Gasteiger charge is -2.36. The molecule has 1 aliphatic carbocycles. The molecule has 1 atom stereocenters. The Morgan fingerprint density at radius 2 is 1.76 bits per heavy atom. The summed E-state index contributed by atoms with van der Waals surface area (Å²) in [6, 6.07) is 0. The highest BCUT2D eigenvalue weighted by atomic mass is 32.2. The van der Waals surface area contributed by atoms with Crippen molar-refractivity contribution in [1.82, 2.24) is 0 Å². The highest BCUT2D eigenvalue weighted by molar-refractivity contribution is 7.86. The SMILES string of the molecule is C[C@@H](CCO[Si](C)(C)C(C)(C)C)CC1(OS(C)(=O)=O)CC1. The van der Waals surface area contributed by atoms with Crippen molar-refractivity contribution in [3.8, 4) is 0 Å². The fraction of sp³-hybridized carbons (Fsp3) is 1.00. The van der Waals surface area contributed by atoms with E-state index < -0.39 is 24.0 Å². The molecule has 0 aromatic rings. The number of hydrogen-bond acceptors (Lipinski definition) is 4. The highest BCUT2D eigenvalue weighted by Crippen LogP contribution is 2.46. The lowest BCUT2D eigenvalue weighted by Crippen LogP contribution is -2.41. The molecule has 0 aromatic carbocycles. The Labute approximate surface area is 131 Å². The molecule has 0 saturated heterocycles. The lowest BCUT2D eigenvalue weighted by atomic mass is 9.99. The minimum Gasteiger partial charge on any atom is -0.417 e. The quantitative estimate of drug-likeness (QED) is 0.498. The zero-order valence-electron chi connectivity index (χ0n) is 14.7. The molecule has 0 unspecified atom stereocenters. The molecule has 4 nitrogen and oxygen atoms in total. The number of rotatable bonds is 8. The average molecular weight is 337 g/mol. The van der Waals surface area contributed by atoms with Crippen molar-refractivity contribution in [2.75, 3.05) is 12.9 Å². The second kappa shape index (κ2) is 6.30. The molecule has 1 aliphatic rings. The smallest absolute Gasteiger partial charge is 0.264 e. The van der Waals surface area contributed by atoms with Gasteiger partial charge in [-0.3, -0.25) is 4.18 Å². The fourth-order valence-corrected chi connectivity index (χ4v) is 4.19. The summed E-state index contributed by atoms with van der Waals surface area (Å²) in [4.78, 5) is 0. The van der Waals surface area contributed by atoms with Crippen LogP contribution in [-0.2, 0) is 18.7 Å². The summed E-state index contributed by atoms with van der Waals surface area (Å²) in [5.41, 5.74) is -0.413. The van der Waals surface area contributed by atoms with E-state index in [4.69, 9.17) is 8.61 Å². The molecule has 126 valence electrons. The standard InChI is InChI=1S/C15H32O4SSi/c1-13(8-11-18-21(6,7)14(2,3)4)12-15(9-10-15)19-20(5,16)17/h13H,8-12H2,1-7H3/t13-/m0/s1. The van der Waals surface area contributed by atoms with Crippen molar-refractivity contribution in [3.05, 3.63) is 0 Å². The van der Waals surface area contributed by atoms with Gasteiger partial charge in [-0.25, -0.2) is 0 Å². The Morgan fingerprint density at radius 1 is 1.24 bits per heavy atom. The van der Waals surface area contributed by atoms with E-state index in [9.17, 15) is 8.42 Å². The molecule has 0 amide bonds. The molecule has 21 heavy (non-hydrogen) atoms. The summed E-state index contributed by atoms with van der Waals surface area (Å²) in [5.74, 6) is 0.416. The van der Waals surface area contributed by atoms with Crippen molar-refractivity contribution in [2.24, 2.45) is 5.92 Å². The van der Waals surface area contributed by atoms with Gasteiger partial charge in [-0.15, -0.1) is 0 Å². The Bertz CT molecular complexity index is 447. The summed E-state index contributed by atoms with van der Waals surface area (Å²) in [5, 5.41) is 0.230. The van der Waals surface area contributed by atoms with Crippen LogP contribution >= 0.6 is 0 Å². The maximum atomic E-state index is 11.3. The zero-order chi connectivity index (χ0) is 16.5. The van der Waals surface area contributed by atoms with E-state index >= 15 is 0 Å². The first-order valence-electron chi connectivity index (χ1n) is 7.81. The molecule has 1 rings (SSSR count). The van der Waals surface area contributed by atoms with Crippen LogP contribution in [0.3, 0.4) is 0 Å². The lowest BCUT2D eigenvalue weighted by molar-refractivity contribution is 0.147. The second-order valence-corrected chi connectivity index (χ2v) is 14.6. The van der Waals surface area contributed by atoms with Gasteiger partial charge in [0, 0.05) is 6.61 Å². The first-order chi connectivity index (χ1) is 9.27. The molecule has 0 spiro atoms. The molecule has 0 bridgehead atoms. The Balaban J connectivity index is 2.37. The van der Waals surface area contributed by atoms with Crippen LogP contribution < -0.4 is 0 Å². The normalized spacial score (nSPS) is 20.3. The van der Waals surface area contributed by atoms with Crippen LogP contribution in [0.2, 0.25) is 18.1 Å². The van der Waals surface area contributed by atoms with Crippen molar-refractivity contribution in [3.63, 3.8) is 0 Å². The van der Waals surface area contributed by atoms with Gasteiger partial charge in [0.2, 0.25) is 0 Å². The largest absolute Gasteiger partial charge is 0.417 e. The summed E-state index contributed by atoms with van der Waals surface area (Å²) in [7, 11) is -5.03. The third-order valence-electron chi connectivity index (χ3n) is 4.74. The first-order valence-corrected chi connectivity index (χ1v) is 12.5. The van der Waals surface area contributed by atoms with Gasteiger partial charge >= 0.3 is 0 Å². The molecule has 6 heteroatoms. The maximum Gasteiger partial charge on any atom is 0.264 e. The van der Waals surface area contributed by atoms with E-state index in [0.717, 1.165) is 38.5 Å². The van der Waals surface area contributed by atoms with Gasteiger partial charge in [0.05, 0.1) is 11.9 Å². The zero-order valence-corrected chi connectivity index (χ0v) is 16.5. The van der Waals surface area contributed by atoms with Gasteiger partial charge in [0.25, 0.3) is 10.1 Å². The Kier molecular flexibility index (Phi) is 5.74. The summed E-state index contributed by atoms with van der Waals surface area (Å²) < 4.78 is 34.0. The molecule has 0 N–H and O–H groups in total. The second-order valence-electron chi connectivity index (χ2n) is 8.18. The van der Waals surface area contributed by atoms with Gasteiger partial charge in [-0.05, 0) is 49.7 Å². The van der Waals surface area contributed by atoms with Gasteiger partial charge in [0.15, 0.2) is 8.32 Å². The van der Waals surface area contributed by atoms with Gasteiger partial charge < -0.3 is 4.43 Å². The van der Waals surface area contributed by atoms with Crippen LogP contribution in [0.25, 0.3) is 0 Å². The monoisotopic (exact) mass is 336 g/mol.